The molecule has 1 unspecified atom stereocenters. The lowest BCUT2D eigenvalue weighted by atomic mass is 9.98. The fourth-order valence-corrected chi connectivity index (χ4v) is 5.22. The molecule has 156 valence electrons. The Balaban J connectivity index is 1.64. The number of aryl methyl sites for hydroxylation is 1. The van der Waals surface area contributed by atoms with E-state index in [0.717, 1.165) is 42.1 Å². The van der Waals surface area contributed by atoms with E-state index in [0.29, 0.717) is 12.5 Å². The van der Waals surface area contributed by atoms with Crippen LogP contribution < -0.4 is 0 Å². The van der Waals surface area contributed by atoms with Crippen molar-refractivity contribution in [1.82, 2.24) is 14.2 Å². The zero-order valence-electron chi connectivity index (χ0n) is 17.0. The molecule has 0 saturated carbocycles. The Kier molecular flexibility index (Phi) is 6.87. The number of likely N-dealkylation sites (tertiary alicyclic amines) is 1. The molecule has 29 heavy (non-hydrogen) atoms. The fourth-order valence-electron chi connectivity index (χ4n) is 3.29. The molecule has 0 N–H and O–H groups in total. The topological polar surface area (TPSA) is 70.6 Å². The lowest BCUT2D eigenvalue weighted by molar-refractivity contribution is -0.127. The van der Waals surface area contributed by atoms with Gasteiger partial charge in [-0.2, -0.15) is 0 Å². The van der Waals surface area contributed by atoms with Crippen LogP contribution in [0.2, 0.25) is 0 Å². The third-order valence-corrected chi connectivity index (χ3v) is 7.98. The summed E-state index contributed by atoms with van der Waals surface area (Å²) >= 11 is 1.69. The van der Waals surface area contributed by atoms with Crippen LogP contribution in [-0.4, -0.2) is 55.7 Å². The summed E-state index contributed by atoms with van der Waals surface area (Å²) in [5, 5.41) is 3.23. The highest BCUT2D eigenvalue weighted by atomic mass is 32.2. The molecule has 0 aliphatic carbocycles. The number of nitrogens with zero attached hydrogens (tertiary/aromatic N) is 3. The number of amides is 1. The lowest BCUT2D eigenvalue weighted by Gasteiger charge is -2.31. The van der Waals surface area contributed by atoms with E-state index in [4.69, 9.17) is 4.98 Å². The maximum Gasteiger partial charge on any atom is 0.246 e. The van der Waals surface area contributed by atoms with Gasteiger partial charge in [-0.1, -0.05) is 19.1 Å². The van der Waals surface area contributed by atoms with E-state index in [1.165, 1.54) is 18.4 Å². The van der Waals surface area contributed by atoms with Crippen LogP contribution in [0.4, 0.5) is 0 Å². The van der Waals surface area contributed by atoms with Crippen molar-refractivity contribution < 1.29 is 13.2 Å². The van der Waals surface area contributed by atoms with Crippen LogP contribution in [0.3, 0.4) is 0 Å². The Bertz CT molecular complexity index is 979. The first-order valence-electron chi connectivity index (χ1n) is 9.75. The van der Waals surface area contributed by atoms with Crippen molar-refractivity contribution in [1.29, 1.82) is 0 Å². The van der Waals surface area contributed by atoms with Crippen LogP contribution in [0.1, 0.15) is 41.9 Å². The number of carbonyl (C=O) groups excluding carboxylic acids is 1. The molecule has 1 amide bonds. The predicted molar refractivity (Wildman–Crippen MR) is 116 cm³/mol. The monoisotopic (exact) mass is 433 g/mol. The van der Waals surface area contributed by atoms with Gasteiger partial charge in [0, 0.05) is 44.6 Å². The number of hydrogen-bond donors (Lipinski definition) is 0. The lowest BCUT2D eigenvalue weighted by Crippen LogP contribution is -2.38. The number of sulfonamides is 1. The van der Waals surface area contributed by atoms with Gasteiger partial charge in [-0.3, -0.25) is 4.79 Å². The maximum absolute atomic E-state index is 12.6. The minimum absolute atomic E-state index is 0.0213. The molecule has 0 bridgehead atoms. The fraction of sp³-hybridized carbons (Fsp3) is 0.429. The van der Waals surface area contributed by atoms with Gasteiger partial charge in [0.1, 0.15) is 0 Å². The molecule has 6 nitrogen and oxygen atoms in total. The van der Waals surface area contributed by atoms with Gasteiger partial charge in [0.05, 0.1) is 15.6 Å². The van der Waals surface area contributed by atoms with Gasteiger partial charge in [0.15, 0.2) is 0 Å². The molecule has 1 aromatic carbocycles. The standard InChI is InChI=1S/C21H27N3O3S2/c1-4-18-15-28-21(22-18)17-6-5-13-24(14-17)20(25)12-9-16-7-10-19(11-8-16)29(26,27)23(2)3/h7-12,15,17H,4-6,13-14H2,1-3H3/b12-9+. The second-order valence-electron chi connectivity index (χ2n) is 7.34. The Morgan fingerprint density at radius 1 is 1.31 bits per heavy atom. The molecule has 1 aliphatic rings. The maximum atomic E-state index is 12.6. The summed E-state index contributed by atoms with van der Waals surface area (Å²) in [5.74, 6) is 0.286. The summed E-state index contributed by atoms with van der Waals surface area (Å²) in [7, 11) is -0.441. The SMILES string of the molecule is CCc1csc(C2CCCN(C(=O)/C=C/c3ccc(S(=O)(=O)N(C)C)cc3)C2)n1. The number of piperidine rings is 1. The zero-order valence-corrected chi connectivity index (χ0v) is 18.7. The number of aromatic nitrogens is 1. The Labute approximate surface area is 176 Å². The van der Waals surface area contributed by atoms with Crippen molar-refractivity contribution in [3.63, 3.8) is 0 Å². The summed E-state index contributed by atoms with van der Waals surface area (Å²) in [5.41, 5.74) is 1.91. The molecule has 0 spiro atoms. The molecule has 0 radical (unpaired) electrons. The van der Waals surface area contributed by atoms with E-state index < -0.39 is 10.0 Å². The second-order valence-corrected chi connectivity index (χ2v) is 10.4. The molecule has 2 aromatic rings. The van der Waals surface area contributed by atoms with Gasteiger partial charge in [-0.15, -0.1) is 11.3 Å². The van der Waals surface area contributed by atoms with E-state index in [-0.39, 0.29) is 10.8 Å². The van der Waals surface area contributed by atoms with E-state index >= 15 is 0 Å². The highest BCUT2D eigenvalue weighted by Crippen LogP contribution is 2.29. The van der Waals surface area contributed by atoms with Gasteiger partial charge >= 0.3 is 0 Å². The van der Waals surface area contributed by atoms with E-state index in [1.54, 1.807) is 47.8 Å². The molecule has 1 atom stereocenters. The number of carbonyl (C=O) groups is 1. The van der Waals surface area contributed by atoms with Crippen LogP contribution >= 0.6 is 11.3 Å². The average molecular weight is 434 g/mol. The Morgan fingerprint density at radius 2 is 2.03 bits per heavy atom. The molecular formula is C21H27N3O3S2. The van der Waals surface area contributed by atoms with E-state index in [1.807, 2.05) is 4.90 Å². The molecular weight excluding hydrogens is 406 g/mol. The molecule has 3 rings (SSSR count). The van der Waals surface area contributed by atoms with Gasteiger partial charge in [-0.05, 0) is 43.0 Å². The smallest absolute Gasteiger partial charge is 0.246 e. The molecule has 1 aliphatic heterocycles. The first-order chi connectivity index (χ1) is 13.8. The van der Waals surface area contributed by atoms with Crippen molar-refractivity contribution in [2.24, 2.45) is 0 Å². The number of benzene rings is 1. The van der Waals surface area contributed by atoms with Gasteiger partial charge in [0.25, 0.3) is 0 Å². The molecule has 2 heterocycles. The normalized spacial score (nSPS) is 17.9. The van der Waals surface area contributed by atoms with Crippen LogP contribution in [0.25, 0.3) is 6.08 Å². The van der Waals surface area contributed by atoms with Crippen molar-refractivity contribution >= 4 is 33.3 Å². The van der Waals surface area contributed by atoms with E-state index in [2.05, 4.69) is 12.3 Å². The van der Waals surface area contributed by atoms with Gasteiger partial charge in [0.2, 0.25) is 15.9 Å². The highest BCUT2D eigenvalue weighted by molar-refractivity contribution is 7.89. The minimum Gasteiger partial charge on any atom is -0.338 e. The second kappa shape index (κ2) is 9.19. The van der Waals surface area contributed by atoms with Crippen molar-refractivity contribution in [3.8, 4) is 0 Å². The quantitative estimate of drug-likeness (QED) is 0.655. The van der Waals surface area contributed by atoms with Crippen molar-refractivity contribution in [2.75, 3.05) is 27.2 Å². The van der Waals surface area contributed by atoms with Gasteiger partial charge in [-0.25, -0.2) is 17.7 Å². The number of hydrogen-bond acceptors (Lipinski definition) is 5. The first-order valence-corrected chi connectivity index (χ1v) is 12.1. The summed E-state index contributed by atoms with van der Waals surface area (Å²) in [6.07, 6.45) is 6.27. The predicted octanol–water partition coefficient (Wildman–Crippen LogP) is 3.38. The van der Waals surface area contributed by atoms with E-state index in [9.17, 15) is 13.2 Å². The first kappa shape index (κ1) is 21.7. The minimum atomic E-state index is -3.45. The highest BCUT2D eigenvalue weighted by Gasteiger charge is 2.25. The third kappa shape index (κ3) is 5.12. The average Bonchev–Trinajstić information content (AvgIpc) is 3.21. The Morgan fingerprint density at radius 3 is 2.66 bits per heavy atom. The Hall–Kier alpha value is -2.03. The molecule has 1 aromatic heterocycles. The number of thiazole rings is 1. The molecule has 1 saturated heterocycles. The summed E-state index contributed by atoms with van der Waals surface area (Å²) < 4.78 is 25.4. The zero-order chi connectivity index (χ0) is 21.0. The number of rotatable bonds is 6. The molecule has 1 fully saturated rings. The van der Waals surface area contributed by atoms with Crippen LogP contribution in [0, 0.1) is 0 Å². The van der Waals surface area contributed by atoms with Crippen molar-refractivity contribution in [3.05, 3.63) is 52.0 Å². The van der Waals surface area contributed by atoms with Crippen LogP contribution in [0.15, 0.2) is 40.6 Å². The molecule has 8 heteroatoms. The summed E-state index contributed by atoms with van der Waals surface area (Å²) in [6, 6.07) is 6.54. The van der Waals surface area contributed by atoms with Gasteiger partial charge < -0.3 is 4.90 Å². The van der Waals surface area contributed by atoms with Crippen molar-refractivity contribution in [2.45, 2.75) is 37.0 Å². The summed E-state index contributed by atoms with van der Waals surface area (Å²) in [6.45, 7) is 3.55. The largest absolute Gasteiger partial charge is 0.338 e. The van der Waals surface area contributed by atoms with Crippen LogP contribution in [-0.2, 0) is 21.2 Å². The summed E-state index contributed by atoms with van der Waals surface area (Å²) in [4.78, 5) is 19.4. The van der Waals surface area contributed by atoms with Crippen LogP contribution in [0.5, 0.6) is 0 Å². The third-order valence-electron chi connectivity index (χ3n) is 5.09.